The maximum Gasteiger partial charge on any atom is -0.0105 e. The molecule has 0 aliphatic heterocycles. The average Bonchev–Trinajstić information content (AvgIpc) is 3.20. The third-order valence-corrected chi connectivity index (χ3v) is 8.81. The van der Waals surface area contributed by atoms with Gasteiger partial charge in [-0.3, -0.25) is 0 Å². The van der Waals surface area contributed by atoms with Gasteiger partial charge in [-0.15, -0.1) is 0 Å². The molecule has 7 aromatic carbocycles. The molecule has 7 rings (SSSR count). The summed E-state index contributed by atoms with van der Waals surface area (Å²) in [5, 5.41) is 0. The average molecular weight is 639 g/mol. The highest BCUT2D eigenvalue weighted by Crippen LogP contribution is 2.30. The third-order valence-electron chi connectivity index (χ3n) is 8.81. The normalized spacial score (nSPS) is 11.0. The molecule has 0 heterocycles. The van der Waals surface area contributed by atoms with Crippen LogP contribution in [0.2, 0.25) is 0 Å². The molecule has 50 heavy (non-hydrogen) atoms. The van der Waals surface area contributed by atoms with Crippen LogP contribution in [0.4, 0.5) is 0 Å². The van der Waals surface area contributed by atoms with Crippen LogP contribution in [0.5, 0.6) is 0 Å². The number of hydrogen-bond acceptors (Lipinski definition) is 0. The maximum atomic E-state index is 2.31. The second-order valence-electron chi connectivity index (χ2n) is 12.1. The largest absolute Gasteiger partial charge is 0.0622 e. The van der Waals surface area contributed by atoms with E-state index in [1.54, 1.807) is 0 Å². The van der Waals surface area contributed by atoms with E-state index < -0.39 is 0 Å². The molecule has 7 aromatic rings. The molecule has 238 valence electrons. The van der Waals surface area contributed by atoms with Crippen molar-refractivity contribution in [3.05, 3.63) is 250 Å². The molecule has 0 aromatic heterocycles. The monoisotopic (exact) mass is 638 g/mol. The van der Waals surface area contributed by atoms with Gasteiger partial charge in [-0.1, -0.05) is 218 Å². The van der Waals surface area contributed by atoms with Crippen LogP contribution in [-0.2, 0) is 0 Å². The molecule has 0 saturated carbocycles. The molecule has 0 amide bonds. The van der Waals surface area contributed by atoms with Crippen molar-refractivity contribution in [2.24, 2.45) is 0 Å². The van der Waals surface area contributed by atoms with E-state index in [1.165, 1.54) is 55.7 Å². The molecule has 0 atom stereocenters. The molecular weight excluding hydrogens is 601 g/mol. The van der Waals surface area contributed by atoms with Gasteiger partial charge in [0, 0.05) is 0 Å². The second-order valence-corrected chi connectivity index (χ2v) is 12.1. The van der Waals surface area contributed by atoms with E-state index in [4.69, 9.17) is 0 Å². The molecule has 0 radical (unpaired) electrons. The summed E-state index contributed by atoms with van der Waals surface area (Å²) < 4.78 is 0. The van der Waals surface area contributed by atoms with Crippen LogP contribution in [0, 0.1) is 0 Å². The Labute approximate surface area is 296 Å². The Morgan fingerprint density at radius 2 is 0.420 bits per heavy atom. The fraction of sp³-hybridized carbons (Fsp3) is 0. The van der Waals surface area contributed by atoms with E-state index in [0.717, 1.165) is 11.1 Å². The van der Waals surface area contributed by atoms with Crippen LogP contribution < -0.4 is 0 Å². The summed E-state index contributed by atoms with van der Waals surface area (Å²) in [6.07, 6.45) is 13.5. The van der Waals surface area contributed by atoms with Gasteiger partial charge in [0.05, 0.1) is 0 Å². The number of benzene rings is 7. The Kier molecular flexibility index (Phi) is 10.3. The zero-order chi connectivity index (χ0) is 33.8. The minimum Gasteiger partial charge on any atom is -0.0622 e. The summed E-state index contributed by atoms with van der Waals surface area (Å²) in [4.78, 5) is 0. The Balaban J connectivity index is 1.21. The van der Waals surface area contributed by atoms with E-state index in [0.29, 0.717) is 0 Å². The first kappa shape index (κ1) is 32.1. The standard InChI is InChI=1S/C50H38/c1-5-23-43(24-6-1)49(44-25-7-2-8-26-44)37-47-31-17-15-21-41(47)35-33-39-19-13-14-20-40(39)34-36-42-22-16-18-32-48(42)38-50(45-27-9-3-10-28-45)46-29-11-4-12-30-46/h1-38H. The molecular formula is C50H38. The molecule has 0 spiro atoms. The van der Waals surface area contributed by atoms with Gasteiger partial charge in [0.1, 0.15) is 0 Å². The summed E-state index contributed by atoms with van der Waals surface area (Å²) in [6, 6.07) is 68.3. The lowest BCUT2D eigenvalue weighted by molar-refractivity contribution is 1.54. The first-order valence-electron chi connectivity index (χ1n) is 17.1. The van der Waals surface area contributed by atoms with E-state index in [9.17, 15) is 0 Å². The van der Waals surface area contributed by atoms with Crippen LogP contribution in [0.25, 0.3) is 47.6 Å². The molecule has 0 unspecified atom stereocenters. The number of hydrogen-bond donors (Lipinski definition) is 0. The maximum absolute atomic E-state index is 2.31. The molecule has 0 aliphatic rings. The predicted octanol–water partition coefficient (Wildman–Crippen LogP) is 13.2. The molecule has 0 bridgehead atoms. The SMILES string of the molecule is C(=Cc1ccccc1C=C(c1ccccc1)c1ccccc1)c1ccccc1C=Cc1ccccc1C=C(c1ccccc1)c1ccccc1. The molecule has 0 N–H and O–H groups in total. The van der Waals surface area contributed by atoms with Gasteiger partial charge in [-0.05, 0) is 78.9 Å². The van der Waals surface area contributed by atoms with Gasteiger partial charge in [-0.2, -0.15) is 0 Å². The summed E-state index contributed by atoms with van der Waals surface area (Å²) in [6.45, 7) is 0. The van der Waals surface area contributed by atoms with Crippen molar-refractivity contribution >= 4 is 47.6 Å². The van der Waals surface area contributed by atoms with E-state index in [2.05, 4.69) is 231 Å². The van der Waals surface area contributed by atoms with Crippen molar-refractivity contribution in [2.45, 2.75) is 0 Å². The molecule has 0 fully saturated rings. The summed E-state index contributed by atoms with van der Waals surface area (Å²) in [7, 11) is 0. The van der Waals surface area contributed by atoms with Crippen LogP contribution >= 0.6 is 0 Å². The van der Waals surface area contributed by atoms with Crippen LogP contribution in [0.1, 0.15) is 55.6 Å². The molecule has 0 nitrogen and oxygen atoms in total. The van der Waals surface area contributed by atoms with Crippen molar-refractivity contribution in [1.29, 1.82) is 0 Å². The van der Waals surface area contributed by atoms with Gasteiger partial charge in [-0.25, -0.2) is 0 Å². The Morgan fingerprint density at radius 1 is 0.220 bits per heavy atom. The van der Waals surface area contributed by atoms with Crippen LogP contribution in [0.15, 0.2) is 194 Å². The first-order valence-corrected chi connectivity index (χ1v) is 17.1. The highest BCUT2D eigenvalue weighted by molar-refractivity contribution is 5.95. The predicted molar refractivity (Wildman–Crippen MR) is 217 cm³/mol. The highest BCUT2D eigenvalue weighted by atomic mass is 14.1. The zero-order valence-electron chi connectivity index (χ0n) is 27.9. The fourth-order valence-corrected chi connectivity index (χ4v) is 6.21. The third kappa shape index (κ3) is 7.96. The summed E-state index contributed by atoms with van der Waals surface area (Å²) >= 11 is 0. The number of rotatable bonds is 10. The van der Waals surface area contributed by atoms with Crippen molar-refractivity contribution in [1.82, 2.24) is 0 Å². The topological polar surface area (TPSA) is 0 Å². The van der Waals surface area contributed by atoms with Crippen molar-refractivity contribution in [3.63, 3.8) is 0 Å². The summed E-state index contributed by atoms with van der Waals surface area (Å²) in [5.74, 6) is 0. The second kappa shape index (κ2) is 16.1. The Morgan fingerprint density at radius 3 is 0.680 bits per heavy atom. The van der Waals surface area contributed by atoms with E-state index in [-0.39, 0.29) is 0 Å². The van der Waals surface area contributed by atoms with Gasteiger partial charge in [0.25, 0.3) is 0 Å². The molecule has 0 heteroatoms. The van der Waals surface area contributed by atoms with Gasteiger partial charge >= 0.3 is 0 Å². The van der Waals surface area contributed by atoms with Crippen LogP contribution in [0.3, 0.4) is 0 Å². The van der Waals surface area contributed by atoms with Gasteiger partial charge < -0.3 is 0 Å². The Hall–Kier alpha value is -6.50. The lowest BCUT2D eigenvalue weighted by Gasteiger charge is -2.11. The van der Waals surface area contributed by atoms with Crippen molar-refractivity contribution in [2.75, 3.05) is 0 Å². The van der Waals surface area contributed by atoms with Gasteiger partial charge in [0.15, 0.2) is 0 Å². The first-order chi connectivity index (χ1) is 24.8. The van der Waals surface area contributed by atoms with Gasteiger partial charge in [0.2, 0.25) is 0 Å². The lowest BCUT2D eigenvalue weighted by Crippen LogP contribution is -1.89. The fourth-order valence-electron chi connectivity index (χ4n) is 6.21. The van der Waals surface area contributed by atoms with Crippen molar-refractivity contribution in [3.8, 4) is 0 Å². The van der Waals surface area contributed by atoms with E-state index >= 15 is 0 Å². The smallest absolute Gasteiger partial charge is 0.0105 e. The van der Waals surface area contributed by atoms with Crippen molar-refractivity contribution < 1.29 is 0 Å². The van der Waals surface area contributed by atoms with E-state index in [1.807, 2.05) is 0 Å². The highest BCUT2D eigenvalue weighted by Gasteiger charge is 2.08. The zero-order valence-corrected chi connectivity index (χ0v) is 27.9. The lowest BCUT2D eigenvalue weighted by atomic mass is 9.94. The Bertz CT molecular complexity index is 2020. The molecule has 0 saturated heterocycles. The molecule has 0 aliphatic carbocycles. The summed E-state index contributed by atoms with van der Waals surface area (Å²) in [5.41, 5.74) is 14.2. The van der Waals surface area contributed by atoms with Crippen LogP contribution in [-0.4, -0.2) is 0 Å². The quantitative estimate of drug-likeness (QED) is 0.131. The minimum atomic E-state index is 1.16. The minimum absolute atomic E-state index is 1.16.